The Morgan fingerprint density at radius 2 is 2.11 bits per heavy atom. The number of carbonyl (C=O) groups excluding carboxylic acids is 1. The Balaban J connectivity index is 2.22. The Hall–Kier alpha value is -1.03. The molecule has 0 radical (unpaired) electrons. The highest BCUT2D eigenvalue weighted by atomic mass is 79.9. The van der Waals surface area contributed by atoms with E-state index in [1.54, 1.807) is 12.1 Å². The van der Waals surface area contributed by atoms with Crippen molar-refractivity contribution in [3.63, 3.8) is 0 Å². The highest BCUT2D eigenvalue weighted by molar-refractivity contribution is 9.10. The van der Waals surface area contributed by atoms with E-state index in [2.05, 4.69) is 22.9 Å². The van der Waals surface area contributed by atoms with Gasteiger partial charge in [0.2, 0.25) is 0 Å². The largest absolute Gasteiger partial charge is 0.508 e. The molecule has 0 saturated carbocycles. The number of aryl methyl sites for hydroxylation is 1. The second kappa shape index (κ2) is 8.97. The fourth-order valence-corrected chi connectivity index (χ4v) is 2.33. The van der Waals surface area contributed by atoms with Gasteiger partial charge in [-0.05, 0) is 30.5 Å². The van der Waals surface area contributed by atoms with Gasteiger partial charge in [0, 0.05) is 10.9 Å². The Morgan fingerprint density at radius 3 is 2.79 bits per heavy atom. The van der Waals surface area contributed by atoms with Gasteiger partial charge < -0.3 is 9.84 Å². The minimum absolute atomic E-state index is 0.156. The van der Waals surface area contributed by atoms with Crippen LogP contribution in [0.1, 0.15) is 44.6 Å². The van der Waals surface area contributed by atoms with E-state index in [1.165, 1.54) is 12.8 Å². The van der Waals surface area contributed by atoms with Crippen LogP contribution in [0.2, 0.25) is 0 Å². The molecule has 1 aromatic carbocycles. The van der Waals surface area contributed by atoms with Gasteiger partial charge in [0.25, 0.3) is 0 Å². The van der Waals surface area contributed by atoms with Crippen molar-refractivity contribution < 1.29 is 14.6 Å². The van der Waals surface area contributed by atoms with Crippen molar-refractivity contribution in [3.8, 4) is 5.75 Å². The third kappa shape index (κ3) is 6.62. The fraction of sp³-hybridized carbons (Fsp3) is 0.533. The lowest BCUT2D eigenvalue weighted by molar-refractivity contribution is -0.143. The summed E-state index contributed by atoms with van der Waals surface area (Å²) in [5.74, 6) is 0.0607. The van der Waals surface area contributed by atoms with Crippen LogP contribution in [0.5, 0.6) is 5.75 Å². The van der Waals surface area contributed by atoms with Crippen molar-refractivity contribution in [2.24, 2.45) is 0 Å². The molecule has 0 atom stereocenters. The smallest absolute Gasteiger partial charge is 0.306 e. The summed E-state index contributed by atoms with van der Waals surface area (Å²) in [6.45, 7) is 2.68. The van der Waals surface area contributed by atoms with Crippen molar-refractivity contribution in [2.45, 2.75) is 45.4 Å². The molecule has 0 aliphatic carbocycles. The van der Waals surface area contributed by atoms with Crippen molar-refractivity contribution >= 4 is 21.9 Å². The highest BCUT2D eigenvalue weighted by Crippen LogP contribution is 2.23. The number of phenolic OH excluding ortho intramolecular Hbond substituents is 1. The van der Waals surface area contributed by atoms with Crippen LogP contribution in [-0.4, -0.2) is 17.7 Å². The first-order chi connectivity index (χ1) is 9.13. The number of hydrogen-bond acceptors (Lipinski definition) is 3. The summed E-state index contributed by atoms with van der Waals surface area (Å²) in [6.07, 6.45) is 5.43. The summed E-state index contributed by atoms with van der Waals surface area (Å²) >= 11 is 3.37. The van der Waals surface area contributed by atoms with Crippen LogP contribution in [0.4, 0.5) is 0 Å². The van der Waals surface area contributed by atoms with Crippen LogP contribution in [0.15, 0.2) is 22.7 Å². The van der Waals surface area contributed by atoms with E-state index in [1.807, 2.05) is 6.07 Å². The van der Waals surface area contributed by atoms with Crippen LogP contribution >= 0.6 is 15.9 Å². The Morgan fingerprint density at radius 1 is 1.32 bits per heavy atom. The van der Waals surface area contributed by atoms with E-state index in [9.17, 15) is 9.90 Å². The summed E-state index contributed by atoms with van der Waals surface area (Å²) in [7, 11) is 0. The van der Waals surface area contributed by atoms with E-state index in [0.29, 0.717) is 19.4 Å². The van der Waals surface area contributed by atoms with Gasteiger partial charge >= 0.3 is 5.97 Å². The normalized spacial score (nSPS) is 10.4. The number of benzene rings is 1. The van der Waals surface area contributed by atoms with Gasteiger partial charge in [-0.25, -0.2) is 0 Å². The average Bonchev–Trinajstić information content (AvgIpc) is 2.37. The SMILES string of the molecule is CCCCCCOC(=O)CCc1ccc(O)cc1Br. The molecule has 1 N–H and O–H groups in total. The molecule has 106 valence electrons. The topological polar surface area (TPSA) is 46.5 Å². The number of halogens is 1. The molecule has 0 unspecified atom stereocenters. The number of ether oxygens (including phenoxy) is 1. The van der Waals surface area contributed by atoms with Crippen LogP contribution in [-0.2, 0) is 16.0 Å². The molecule has 0 aliphatic rings. The molecule has 19 heavy (non-hydrogen) atoms. The molecular formula is C15H21BrO3. The standard InChI is InChI=1S/C15H21BrO3/c1-2-3-4-5-10-19-15(18)9-7-12-6-8-13(17)11-14(12)16/h6,8,11,17H,2-5,7,9-10H2,1H3. The lowest BCUT2D eigenvalue weighted by Crippen LogP contribution is -2.07. The summed E-state index contributed by atoms with van der Waals surface area (Å²) in [4.78, 5) is 11.5. The zero-order valence-electron chi connectivity index (χ0n) is 11.3. The van der Waals surface area contributed by atoms with Gasteiger partial charge in [0.15, 0.2) is 0 Å². The van der Waals surface area contributed by atoms with Gasteiger partial charge in [-0.1, -0.05) is 48.2 Å². The number of aromatic hydroxyl groups is 1. The predicted octanol–water partition coefficient (Wildman–Crippen LogP) is 4.21. The molecule has 4 heteroatoms. The quantitative estimate of drug-likeness (QED) is 0.574. The molecule has 0 amide bonds. The highest BCUT2D eigenvalue weighted by Gasteiger charge is 2.06. The van der Waals surface area contributed by atoms with Gasteiger partial charge in [-0.15, -0.1) is 0 Å². The minimum Gasteiger partial charge on any atom is -0.508 e. The first-order valence-electron chi connectivity index (χ1n) is 6.76. The number of rotatable bonds is 8. The predicted molar refractivity (Wildman–Crippen MR) is 79.2 cm³/mol. The van der Waals surface area contributed by atoms with Gasteiger partial charge in [0.05, 0.1) is 6.61 Å². The molecule has 0 saturated heterocycles. The number of carbonyl (C=O) groups is 1. The average molecular weight is 329 g/mol. The number of hydrogen-bond donors (Lipinski definition) is 1. The zero-order chi connectivity index (χ0) is 14.1. The van der Waals surface area contributed by atoms with Crippen molar-refractivity contribution in [2.75, 3.05) is 6.61 Å². The maximum Gasteiger partial charge on any atom is 0.306 e. The lowest BCUT2D eigenvalue weighted by atomic mass is 10.1. The number of phenols is 1. The molecule has 0 spiro atoms. The van der Waals surface area contributed by atoms with Gasteiger partial charge in [0.1, 0.15) is 5.75 Å². The van der Waals surface area contributed by atoms with Crippen LogP contribution < -0.4 is 0 Å². The molecule has 1 rings (SSSR count). The second-order valence-electron chi connectivity index (χ2n) is 4.56. The summed E-state index contributed by atoms with van der Waals surface area (Å²) in [6, 6.07) is 5.07. The van der Waals surface area contributed by atoms with Gasteiger partial charge in [-0.3, -0.25) is 4.79 Å². The molecule has 0 heterocycles. The van der Waals surface area contributed by atoms with Crippen LogP contribution in [0.3, 0.4) is 0 Å². The van der Waals surface area contributed by atoms with Crippen molar-refractivity contribution in [1.82, 2.24) is 0 Å². The molecule has 0 bridgehead atoms. The monoisotopic (exact) mass is 328 g/mol. The summed E-state index contributed by atoms with van der Waals surface area (Å²) < 4.78 is 5.99. The molecule has 3 nitrogen and oxygen atoms in total. The zero-order valence-corrected chi connectivity index (χ0v) is 12.9. The molecule has 0 aromatic heterocycles. The fourth-order valence-electron chi connectivity index (χ4n) is 1.76. The van der Waals surface area contributed by atoms with E-state index in [4.69, 9.17) is 4.74 Å². The minimum atomic E-state index is -0.156. The Bertz CT molecular complexity index is 404. The Kier molecular flexibility index (Phi) is 7.56. The van der Waals surface area contributed by atoms with E-state index < -0.39 is 0 Å². The summed E-state index contributed by atoms with van der Waals surface area (Å²) in [5.41, 5.74) is 1.00. The summed E-state index contributed by atoms with van der Waals surface area (Å²) in [5, 5.41) is 9.28. The molecular weight excluding hydrogens is 308 g/mol. The molecule has 1 aromatic rings. The van der Waals surface area contributed by atoms with E-state index in [0.717, 1.165) is 22.9 Å². The maximum absolute atomic E-state index is 11.5. The maximum atomic E-state index is 11.5. The first-order valence-corrected chi connectivity index (χ1v) is 7.55. The van der Waals surface area contributed by atoms with Crippen LogP contribution in [0.25, 0.3) is 0 Å². The number of esters is 1. The van der Waals surface area contributed by atoms with Crippen molar-refractivity contribution in [3.05, 3.63) is 28.2 Å². The number of unbranched alkanes of at least 4 members (excludes halogenated alkanes) is 3. The van der Waals surface area contributed by atoms with Crippen LogP contribution in [0, 0.1) is 0 Å². The van der Waals surface area contributed by atoms with Gasteiger partial charge in [-0.2, -0.15) is 0 Å². The second-order valence-corrected chi connectivity index (χ2v) is 5.41. The van der Waals surface area contributed by atoms with E-state index in [-0.39, 0.29) is 11.7 Å². The first kappa shape index (κ1) is 16.0. The van der Waals surface area contributed by atoms with Crippen molar-refractivity contribution in [1.29, 1.82) is 0 Å². The third-order valence-electron chi connectivity index (χ3n) is 2.90. The van der Waals surface area contributed by atoms with E-state index >= 15 is 0 Å². The third-order valence-corrected chi connectivity index (χ3v) is 3.63. The lowest BCUT2D eigenvalue weighted by Gasteiger charge is -2.06. The molecule has 0 aliphatic heterocycles. The Labute approximate surface area is 123 Å². The molecule has 0 fully saturated rings.